The molecule has 2 N–H and O–H groups in total. The average molecular weight is 317 g/mol. The van der Waals surface area contributed by atoms with Crippen molar-refractivity contribution in [3.63, 3.8) is 0 Å². The largest absolute Gasteiger partial charge is 0.454 e. The number of rotatable bonds is 5. The number of hydrogen-bond donors (Lipinski definition) is 2. The Balaban J connectivity index is 1.85. The maximum atomic E-state index is 11.7. The molecule has 23 heavy (non-hydrogen) atoms. The lowest BCUT2D eigenvalue weighted by molar-refractivity contribution is -0.148. The first-order valence-electron chi connectivity index (χ1n) is 6.76. The molecule has 0 atom stereocenters. The van der Waals surface area contributed by atoms with Crippen LogP contribution in [0.25, 0.3) is 0 Å². The number of aromatic amines is 1. The normalized spacial score (nSPS) is 10.1. The van der Waals surface area contributed by atoms with Crippen molar-refractivity contribution in [2.75, 3.05) is 11.9 Å². The number of amides is 1. The first-order chi connectivity index (χ1) is 10.9. The van der Waals surface area contributed by atoms with Crippen LogP contribution in [0.15, 0.2) is 46.1 Å². The van der Waals surface area contributed by atoms with Gasteiger partial charge in [0.2, 0.25) is 0 Å². The summed E-state index contributed by atoms with van der Waals surface area (Å²) in [5.41, 5.74) is 0.302. The predicted octanol–water partition coefficient (Wildman–Crippen LogP) is 0.0269. The zero-order valence-electron chi connectivity index (χ0n) is 12.4. The van der Waals surface area contributed by atoms with Gasteiger partial charge in [0.05, 0.1) is 0 Å². The molecular formula is C15H15N3O5. The molecular weight excluding hydrogens is 302 g/mol. The van der Waals surface area contributed by atoms with Crippen molar-refractivity contribution >= 4 is 17.6 Å². The van der Waals surface area contributed by atoms with E-state index in [4.69, 9.17) is 4.74 Å². The van der Waals surface area contributed by atoms with Crippen LogP contribution in [0.5, 0.6) is 0 Å². The molecule has 0 saturated carbocycles. The number of benzene rings is 1. The Kier molecular flexibility index (Phi) is 5.08. The highest BCUT2D eigenvalue weighted by molar-refractivity contribution is 5.92. The van der Waals surface area contributed by atoms with Gasteiger partial charge in [-0.2, -0.15) is 0 Å². The molecule has 0 unspecified atom stereocenters. The van der Waals surface area contributed by atoms with E-state index in [0.717, 1.165) is 16.2 Å². The van der Waals surface area contributed by atoms with Gasteiger partial charge >= 0.3 is 11.7 Å². The standard InChI is InChI=1S/C15H15N3O5/c1-10-3-2-4-11(7-10)16-13(20)9-23-14(21)8-18-6-5-12(19)17-15(18)22/h2-7H,8-9H2,1H3,(H,16,20)(H,17,19,22). The van der Waals surface area contributed by atoms with E-state index >= 15 is 0 Å². The van der Waals surface area contributed by atoms with Crippen LogP contribution in [0.4, 0.5) is 5.69 Å². The average Bonchev–Trinajstić information content (AvgIpc) is 2.48. The number of carbonyl (C=O) groups is 2. The molecule has 2 aromatic rings. The van der Waals surface area contributed by atoms with Crippen molar-refractivity contribution in [3.05, 3.63) is 62.9 Å². The minimum absolute atomic E-state index is 0.395. The molecule has 0 spiro atoms. The molecule has 1 heterocycles. The van der Waals surface area contributed by atoms with Crippen molar-refractivity contribution in [2.24, 2.45) is 0 Å². The Morgan fingerprint density at radius 3 is 2.74 bits per heavy atom. The van der Waals surface area contributed by atoms with Crippen LogP contribution in [0, 0.1) is 6.92 Å². The number of esters is 1. The van der Waals surface area contributed by atoms with Crippen LogP contribution >= 0.6 is 0 Å². The SMILES string of the molecule is Cc1cccc(NC(=O)COC(=O)Cn2ccc(=O)[nH]c2=O)c1. The van der Waals surface area contributed by atoms with Gasteiger partial charge in [-0.25, -0.2) is 4.79 Å². The van der Waals surface area contributed by atoms with Crippen LogP contribution < -0.4 is 16.6 Å². The maximum absolute atomic E-state index is 11.7. The van der Waals surface area contributed by atoms with Gasteiger partial charge < -0.3 is 10.1 Å². The lowest BCUT2D eigenvalue weighted by Gasteiger charge is -2.08. The Hall–Kier alpha value is -3.16. The molecule has 1 aromatic heterocycles. The predicted molar refractivity (Wildman–Crippen MR) is 82.1 cm³/mol. The summed E-state index contributed by atoms with van der Waals surface area (Å²) < 4.78 is 5.77. The molecule has 0 bridgehead atoms. The van der Waals surface area contributed by atoms with E-state index in [1.165, 1.54) is 6.20 Å². The van der Waals surface area contributed by atoms with Crippen LogP contribution in [-0.4, -0.2) is 28.0 Å². The van der Waals surface area contributed by atoms with E-state index in [9.17, 15) is 19.2 Å². The summed E-state index contributed by atoms with van der Waals surface area (Å²) in [7, 11) is 0. The van der Waals surface area contributed by atoms with Gasteiger partial charge in [0.25, 0.3) is 11.5 Å². The maximum Gasteiger partial charge on any atom is 0.328 e. The zero-order chi connectivity index (χ0) is 16.8. The monoisotopic (exact) mass is 317 g/mol. The molecule has 0 fully saturated rings. The molecule has 0 saturated heterocycles. The number of carbonyl (C=O) groups excluding carboxylic acids is 2. The molecule has 0 aliphatic carbocycles. The van der Waals surface area contributed by atoms with Crippen molar-refractivity contribution in [1.29, 1.82) is 0 Å². The van der Waals surface area contributed by atoms with Crippen LogP contribution in [0.2, 0.25) is 0 Å². The highest BCUT2D eigenvalue weighted by atomic mass is 16.5. The molecule has 120 valence electrons. The van der Waals surface area contributed by atoms with E-state index in [-0.39, 0.29) is 0 Å². The molecule has 2 rings (SSSR count). The number of aryl methyl sites for hydroxylation is 1. The molecule has 0 aliphatic rings. The van der Waals surface area contributed by atoms with E-state index in [1.54, 1.807) is 18.2 Å². The lowest BCUT2D eigenvalue weighted by Crippen LogP contribution is -2.32. The number of hydrogen-bond acceptors (Lipinski definition) is 5. The third-order valence-electron chi connectivity index (χ3n) is 2.86. The molecule has 1 aromatic carbocycles. The van der Waals surface area contributed by atoms with Gasteiger partial charge in [0.15, 0.2) is 6.61 Å². The number of aromatic nitrogens is 2. The minimum Gasteiger partial charge on any atom is -0.454 e. The topological polar surface area (TPSA) is 110 Å². The summed E-state index contributed by atoms with van der Waals surface area (Å²) in [6, 6.07) is 8.28. The number of anilines is 1. The van der Waals surface area contributed by atoms with Crippen LogP contribution in [-0.2, 0) is 20.9 Å². The summed E-state index contributed by atoms with van der Waals surface area (Å²) >= 11 is 0. The Labute approximate surface area is 130 Å². The van der Waals surface area contributed by atoms with Gasteiger partial charge in [0, 0.05) is 18.0 Å². The Morgan fingerprint density at radius 1 is 1.26 bits per heavy atom. The van der Waals surface area contributed by atoms with Gasteiger partial charge in [-0.1, -0.05) is 12.1 Å². The molecule has 1 amide bonds. The first-order valence-corrected chi connectivity index (χ1v) is 6.76. The number of H-pyrrole nitrogens is 1. The molecule has 0 aliphatic heterocycles. The lowest BCUT2D eigenvalue weighted by atomic mass is 10.2. The summed E-state index contributed by atoms with van der Waals surface area (Å²) in [5, 5.41) is 2.59. The fourth-order valence-corrected chi connectivity index (χ4v) is 1.82. The van der Waals surface area contributed by atoms with Gasteiger partial charge in [-0.3, -0.25) is 23.9 Å². The molecule has 8 nitrogen and oxygen atoms in total. The van der Waals surface area contributed by atoms with E-state index in [1.807, 2.05) is 18.0 Å². The zero-order valence-corrected chi connectivity index (χ0v) is 12.4. The second kappa shape index (κ2) is 7.21. The second-order valence-corrected chi connectivity index (χ2v) is 4.82. The van der Waals surface area contributed by atoms with Crippen LogP contribution in [0.1, 0.15) is 5.56 Å². The summed E-state index contributed by atoms with van der Waals surface area (Å²) in [6.07, 6.45) is 1.18. The summed E-state index contributed by atoms with van der Waals surface area (Å²) in [4.78, 5) is 47.6. The van der Waals surface area contributed by atoms with Crippen molar-refractivity contribution in [3.8, 4) is 0 Å². The van der Waals surface area contributed by atoms with Gasteiger partial charge in [0.1, 0.15) is 6.54 Å². The Morgan fingerprint density at radius 2 is 2.04 bits per heavy atom. The number of nitrogens with zero attached hydrogens (tertiary/aromatic N) is 1. The van der Waals surface area contributed by atoms with Gasteiger partial charge in [-0.05, 0) is 24.6 Å². The Bertz CT molecular complexity index is 837. The van der Waals surface area contributed by atoms with Crippen LogP contribution in [0.3, 0.4) is 0 Å². The van der Waals surface area contributed by atoms with Crippen molar-refractivity contribution < 1.29 is 14.3 Å². The first kappa shape index (κ1) is 16.2. The molecule has 8 heteroatoms. The van der Waals surface area contributed by atoms with Crippen molar-refractivity contribution in [1.82, 2.24) is 9.55 Å². The highest BCUT2D eigenvalue weighted by Gasteiger charge is 2.09. The van der Waals surface area contributed by atoms with E-state index in [0.29, 0.717) is 5.69 Å². The summed E-state index contributed by atoms with van der Waals surface area (Å²) in [5.74, 6) is -1.25. The van der Waals surface area contributed by atoms with E-state index in [2.05, 4.69) is 5.32 Å². The second-order valence-electron chi connectivity index (χ2n) is 4.82. The smallest absolute Gasteiger partial charge is 0.328 e. The van der Waals surface area contributed by atoms with Crippen molar-refractivity contribution in [2.45, 2.75) is 13.5 Å². The number of nitrogens with one attached hydrogen (secondary N) is 2. The summed E-state index contributed by atoms with van der Waals surface area (Å²) in [6.45, 7) is 1.02. The number of ether oxygens (including phenoxy) is 1. The quantitative estimate of drug-likeness (QED) is 0.756. The third-order valence-corrected chi connectivity index (χ3v) is 2.86. The fourth-order valence-electron chi connectivity index (χ4n) is 1.82. The van der Waals surface area contributed by atoms with Gasteiger partial charge in [-0.15, -0.1) is 0 Å². The fraction of sp³-hybridized carbons (Fsp3) is 0.200. The third kappa shape index (κ3) is 4.95. The van der Waals surface area contributed by atoms with E-state index < -0.39 is 36.3 Å². The highest BCUT2D eigenvalue weighted by Crippen LogP contribution is 2.09. The minimum atomic E-state index is -0.765. The molecule has 0 radical (unpaired) electrons.